The molecule has 0 unspecified atom stereocenters. The molecule has 3 aromatic rings. The van der Waals surface area contributed by atoms with Crippen molar-refractivity contribution in [3.63, 3.8) is 0 Å². The third-order valence-electron chi connectivity index (χ3n) is 3.47. The molecule has 0 fully saturated rings. The van der Waals surface area contributed by atoms with Crippen LogP contribution in [-0.4, -0.2) is 18.1 Å². The lowest BCUT2D eigenvalue weighted by Gasteiger charge is -2.06. The first-order valence-corrected chi connectivity index (χ1v) is 10.5. The maximum Gasteiger partial charge on any atom is 0.313 e. The lowest BCUT2D eigenvalue weighted by molar-refractivity contribution is -0.136. The van der Waals surface area contributed by atoms with Gasteiger partial charge in [-0.2, -0.15) is 11.3 Å². The van der Waals surface area contributed by atoms with Crippen molar-refractivity contribution in [2.75, 3.05) is 11.6 Å². The number of thioether (sulfide) groups is 1. The van der Waals surface area contributed by atoms with Gasteiger partial charge in [-0.1, -0.05) is 6.07 Å². The Bertz CT molecular complexity index is 872. The van der Waals surface area contributed by atoms with Gasteiger partial charge in [0.05, 0.1) is 6.54 Å². The number of amides is 2. The number of nitrogens with one attached hydrogen (secondary N) is 2. The SMILES string of the molecule is CSc1cccc(NC(=O)C(=O)NCc2cc(-c3ccsc3)cs2)c1. The third kappa shape index (κ3) is 4.72. The zero-order valence-electron chi connectivity index (χ0n) is 13.4. The Balaban J connectivity index is 1.54. The molecule has 128 valence electrons. The summed E-state index contributed by atoms with van der Waals surface area (Å²) in [5.41, 5.74) is 2.92. The highest BCUT2D eigenvalue weighted by molar-refractivity contribution is 7.98. The van der Waals surface area contributed by atoms with E-state index in [2.05, 4.69) is 27.5 Å². The lowest BCUT2D eigenvalue weighted by atomic mass is 10.2. The first-order chi connectivity index (χ1) is 12.2. The second-order valence-corrected chi connectivity index (χ2v) is 7.84. The van der Waals surface area contributed by atoms with Crippen LogP contribution in [0.4, 0.5) is 5.69 Å². The number of benzene rings is 1. The highest BCUT2D eigenvalue weighted by Crippen LogP contribution is 2.27. The van der Waals surface area contributed by atoms with Crippen molar-refractivity contribution in [3.05, 3.63) is 57.4 Å². The molecule has 2 amide bonds. The van der Waals surface area contributed by atoms with Gasteiger partial charge in [-0.3, -0.25) is 9.59 Å². The zero-order chi connectivity index (χ0) is 17.6. The Morgan fingerprint density at radius 1 is 1.08 bits per heavy atom. The van der Waals surface area contributed by atoms with Crippen LogP contribution >= 0.6 is 34.4 Å². The molecular formula is C18H16N2O2S3. The molecule has 0 aliphatic rings. The Morgan fingerprint density at radius 2 is 1.96 bits per heavy atom. The van der Waals surface area contributed by atoms with Gasteiger partial charge in [0.15, 0.2) is 0 Å². The van der Waals surface area contributed by atoms with Gasteiger partial charge in [-0.05, 0) is 63.9 Å². The molecule has 0 bridgehead atoms. The topological polar surface area (TPSA) is 58.2 Å². The summed E-state index contributed by atoms with van der Waals surface area (Å²) in [7, 11) is 0. The van der Waals surface area contributed by atoms with Crippen LogP contribution in [0.15, 0.2) is 57.4 Å². The molecule has 0 aliphatic carbocycles. The number of carbonyl (C=O) groups excluding carboxylic acids is 2. The van der Waals surface area contributed by atoms with E-state index in [1.807, 2.05) is 35.9 Å². The second kappa shape index (κ2) is 8.33. The Kier molecular flexibility index (Phi) is 5.91. The Morgan fingerprint density at radius 3 is 2.72 bits per heavy atom. The fraction of sp³-hybridized carbons (Fsp3) is 0.111. The molecule has 4 nitrogen and oxygen atoms in total. The van der Waals surface area contributed by atoms with Crippen LogP contribution in [-0.2, 0) is 16.1 Å². The van der Waals surface area contributed by atoms with Crippen molar-refractivity contribution in [1.82, 2.24) is 5.32 Å². The minimum Gasteiger partial charge on any atom is -0.343 e. The summed E-state index contributed by atoms with van der Waals surface area (Å²) in [6, 6.07) is 11.5. The van der Waals surface area contributed by atoms with Gasteiger partial charge in [-0.25, -0.2) is 0 Å². The van der Waals surface area contributed by atoms with Gasteiger partial charge in [0, 0.05) is 15.5 Å². The molecule has 0 saturated carbocycles. The van der Waals surface area contributed by atoms with E-state index in [1.54, 1.807) is 40.5 Å². The van der Waals surface area contributed by atoms with E-state index in [-0.39, 0.29) is 0 Å². The van der Waals surface area contributed by atoms with E-state index in [0.717, 1.165) is 15.3 Å². The van der Waals surface area contributed by atoms with Gasteiger partial charge in [0.2, 0.25) is 0 Å². The van der Waals surface area contributed by atoms with Gasteiger partial charge >= 0.3 is 11.8 Å². The van der Waals surface area contributed by atoms with Crippen LogP contribution < -0.4 is 10.6 Å². The van der Waals surface area contributed by atoms with Crippen molar-refractivity contribution in [3.8, 4) is 11.1 Å². The molecule has 0 saturated heterocycles. The standard InChI is InChI=1S/C18H16N2O2S3/c1-23-15-4-2-3-14(8-15)20-18(22)17(21)19-9-16-7-13(11-25-16)12-5-6-24-10-12/h2-8,10-11H,9H2,1H3,(H,19,21)(H,20,22). The minimum atomic E-state index is -0.659. The van der Waals surface area contributed by atoms with Gasteiger partial charge in [0.1, 0.15) is 0 Å². The summed E-state index contributed by atoms with van der Waals surface area (Å²) >= 11 is 4.79. The van der Waals surface area contributed by atoms with Crippen LogP contribution in [0, 0.1) is 0 Å². The summed E-state index contributed by atoms with van der Waals surface area (Å²) in [5.74, 6) is -1.30. The zero-order valence-corrected chi connectivity index (χ0v) is 15.9. The number of rotatable bonds is 5. The molecular weight excluding hydrogens is 372 g/mol. The predicted octanol–water partition coefficient (Wildman–Crippen LogP) is 4.45. The van der Waals surface area contributed by atoms with E-state index < -0.39 is 11.8 Å². The van der Waals surface area contributed by atoms with Crippen molar-refractivity contribution >= 4 is 51.9 Å². The quantitative estimate of drug-likeness (QED) is 0.501. The molecule has 0 spiro atoms. The maximum absolute atomic E-state index is 12.0. The maximum atomic E-state index is 12.0. The molecule has 2 N–H and O–H groups in total. The number of hydrogen-bond acceptors (Lipinski definition) is 5. The summed E-state index contributed by atoms with van der Waals surface area (Å²) in [4.78, 5) is 26.0. The molecule has 25 heavy (non-hydrogen) atoms. The molecule has 7 heteroatoms. The molecule has 0 atom stereocenters. The highest BCUT2D eigenvalue weighted by Gasteiger charge is 2.14. The third-order valence-corrected chi connectivity index (χ3v) is 5.81. The van der Waals surface area contributed by atoms with Crippen LogP contribution in [0.3, 0.4) is 0 Å². The van der Waals surface area contributed by atoms with Crippen molar-refractivity contribution < 1.29 is 9.59 Å². The van der Waals surface area contributed by atoms with Crippen LogP contribution in [0.25, 0.3) is 11.1 Å². The van der Waals surface area contributed by atoms with Crippen LogP contribution in [0.5, 0.6) is 0 Å². The largest absolute Gasteiger partial charge is 0.343 e. The van der Waals surface area contributed by atoms with Crippen LogP contribution in [0.1, 0.15) is 4.88 Å². The summed E-state index contributed by atoms with van der Waals surface area (Å²) in [5, 5.41) is 11.5. The average molecular weight is 389 g/mol. The molecule has 3 rings (SSSR count). The average Bonchev–Trinajstić information content (AvgIpc) is 3.31. The number of carbonyl (C=O) groups is 2. The van der Waals surface area contributed by atoms with E-state index in [9.17, 15) is 9.59 Å². The van der Waals surface area contributed by atoms with Gasteiger partial charge in [0.25, 0.3) is 0 Å². The lowest BCUT2D eigenvalue weighted by Crippen LogP contribution is -2.34. The summed E-state index contributed by atoms with van der Waals surface area (Å²) in [6.07, 6.45) is 1.96. The molecule has 2 heterocycles. The first kappa shape index (κ1) is 17.7. The van der Waals surface area contributed by atoms with E-state index in [0.29, 0.717) is 12.2 Å². The monoisotopic (exact) mass is 388 g/mol. The number of anilines is 1. The second-order valence-electron chi connectivity index (χ2n) is 5.18. The van der Waals surface area contributed by atoms with Gasteiger partial charge in [-0.15, -0.1) is 23.1 Å². The molecule has 0 radical (unpaired) electrons. The van der Waals surface area contributed by atoms with Crippen molar-refractivity contribution in [2.24, 2.45) is 0 Å². The highest BCUT2D eigenvalue weighted by atomic mass is 32.2. The predicted molar refractivity (Wildman–Crippen MR) is 106 cm³/mol. The van der Waals surface area contributed by atoms with Crippen molar-refractivity contribution in [2.45, 2.75) is 11.4 Å². The normalized spacial score (nSPS) is 10.4. The fourth-order valence-corrected chi connectivity index (χ4v) is 4.15. The molecule has 1 aromatic carbocycles. The minimum absolute atomic E-state index is 0.339. The molecule has 2 aromatic heterocycles. The van der Waals surface area contributed by atoms with E-state index in [1.165, 1.54) is 5.56 Å². The summed E-state index contributed by atoms with van der Waals surface area (Å²) in [6.45, 7) is 0.339. The van der Waals surface area contributed by atoms with Gasteiger partial charge < -0.3 is 10.6 Å². The summed E-state index contributed by atoms with van der Waals surface area (Å²) < 4.78 is 0. The Labute approximate surface area is 158 Å². The molecule has 0 aliphatic heterocycles. The Hall–Kier alpha value is -2.09. The van der Waals surface area contributed by atoms with Crippen molar-refractivity contribution in [1.29, 1.82) is 0 Å². The van der Waals surface area contributed by atoms with E-state index >= 15 is 0 Å². The number of thiophene rings is 2. The smallest absolute Gasteiger partial charge is 0.313 e. The fourth-order valence-electron chi connectivity index (χ4n) is 2.19. The number of hydrogen-bond donors (Lipinski definition) is 2. The van der Waals surface area contributed by atoms with E-state index in [4.69, 9.17) is 0 Å². The van der Waals surface area contributed by atoms with Crippen LogP contribution in [0.2, 0.25) is 0 Å². The first-order valence-electron chi connectivity index (χ1n) is 7.49.